The highest BCUT2D eigenvalue weighted by atomic mass is 35.5. The fraction of sp³-hybridized carbons (Fsp3) is 0.440. The van der Waals surface area contributed by atoms with E-state index < -0.39 is 28.5 Å². The van der Waals surface area contributed by atoms with Crippen LogP contribution >= 0.6 is 11.6 Å². The molecular formula is C25H34ClN3O4S. The van der Waals surface area contributed by atoms with Crippen LogP contribution in [-0.2, 0) is 26.2 Å². The number of benzene rings is 2. The van der Waals surface area contributed by atoms with Crippen LogP contribution in [0.25, 0.3) is 0 Å². The van der Waals surface area contributed by atoms with Crippen LogP contribution in [-0.4, -0.2) is 50.5 Å². The number of unbranched alkanes of at least 4 members (excludes halogenated alkanes) is 1. The van der Waals surface area contributed by atoms with Crippen molar-refractivity contribution in [3.05, 3.63) is 64.7 Å². The fourth-order valence-corrected chi connectivity index (χ4v) is 4.57. The zero-order valence-electron chi connectivity index (χ0n) is 20.3. The maximum atomic E-state index is 13.6. The summed E-state index contributed by atoms with van der Waals surface area (Å²) >= 11 is 6.22. The van der Waals surface area contributed by atoms with Gasteiger partial charge in [-0.2, -0.15) is 0 Å². The van der Waals surface area contributed by atoms with E-state index in [2.05, 4.69) is 5.32 Å². The van der Waals surface area contributed by atoms with Gasteiger partial charge in [0.1, 0.15) is 12.6 Å². The predicted molar refractivity (Wildman–Crippen MR) is 137 cm³/mol. The Hall–Kier alpha value is -2.58. The molecule has 2 aromatic carbocycles. The largest absolute Gasteiger partial charge is 0.354 e. The molecule has 0 saturated heterocycles. The molecule has 0 fully saturated rings. The van der Waals surface area contributed by atoms with Gasteiger partial charge in [0.2, 0.25) is 21.8 Å². The van der Waals surface area contributed by atoms with Gasteiger partial charge in [-0.15, -0.1) is 0 Å². The van der Waals surface area contributed by atoms with Crippen molar-refractivity contribution in [3.63, 3.8) is 0 Å². The number of halogens is 1. The number of nitrogens with one attached hydrogen (secondary N) is 1. The van der Waals surface area contributed by atoms with Gasteiger partial charge in [0.05, 0.1) is 11.9 Å². The molecule has 7 nitrogen and oxygen atoms in total. The van der Waals surface area contributed by atoms with Gasteiger partial charge < -0.3 is 10.2 Å². The van der Waals surface area contributed by atoms with E-state index in [1.165, 1.54) is 11.0 Å². The third kappa shape index (κ3) is 7.74. The van der Waals surface area contributed by atoms with Gasteiger partial charge in [-0.1, -0.05) is 68.3 Å². The molecule has 2 rings (SSSR count). The number of amides is 2. The minimum atomic E-state index is -3.79. The number of hydrogen-bond donors (Lipinski definition) is 1. The van der Waals surface area contributed by atoms with Gasteiger partial charge in [0.15, 0.2) is 0 Å². The number of hydrogen-bond acceptors (Lipinski definition) is 4. The number of carbonyl (C=O) groups is 2. The predicted octanol–water partition coefficient (Wildman–Crippen LogP) is 4.14. The lowest BCUT2D eigenvalue weighted by molar-refractivity contribution is -0.140. The highest BCUT2D eigenvalue weighted by molar-refractivity contribution is 7.92. The van der Waals surface area contributed by atoms with E-state index in [1.54, 1.807) is 12.1 Å². The molecule has 0 heterocycles. The molecule has 0 aliphatic heterocycles. The maximum Gasteiger partial charge on any atom is 0.244 e. The number of aryl methyl sites for hydroxylation is 1. The fourth-order valence-electron chi connectivity index (χ4n) is 3.56. The summed E-state index contributed by atoms with van der Waals surface area (Å²) in [6.45, 7) is 5.95. The Balaban J connectivity index is 2.39. The summed E-state index contributed by atoms with van der Waals surface area (Å²) in [5, 5.41) is 3.31. The summed E-state index contributed by atoms with van der Waals surface area (Å²) in [6, 6.07) is 13.5. The third-order valence-electron chi connectivity index (χ3n) is 5.53. The molecule has 2 amide bonds. The average molecular weight is 508 g/mol. The molecule has 186 valence electrons. The Morgan fingerprint density at radius 1 is 1.09 bits per heavy atom. The van der Waals surface area contributed by atoms with Gasteiger partial charge in [-0.25, -0.2) is 8.42 Å². The normalized spacial score (nSPS) is 12.1. The first-order valence-electron chi connectivity index (χ1n) is 11.4. The highest BCUT2D eigenvalue weighted by Crippen LogP contribution is 2.25. The minimum absolute atomic E-state index is 0.186. The average Bonchev–Trinajstić information content (AvgIpc) is 2.79. The Labute approximate surface area is 208 Å². The molecule has 0 aromatic heterocycles. The van der Waals surface area contributed by atoms with E-state index in [1.807, 2.05) is 51.1 Å². The first-order chi connectivity index (χ1) is 16.1. The lowest BCUT2D eigenvalue weighted by Crippen LogP contribution is -2.52. The first-order valence-corrected chi connectivity index (χ1v) is 13.7. The van der Waals surface area contributed by atoms with Crippen molar-refractivity contribution in [2.75, 3.05) is 23.7 Å². The van der Waals surface area contributed by atoms with Crippen molar-refractivity contribution in [2.45, 2.75) is 52.6 Å². The molecule has 0 spiro atoms. The summed E-state index contributed by atoms with van der Waals surface area (Å²) in [7, 11) is -3.79. The summed E-state index contributed by atoms with van der Waals surface area (Å²) in [5.74, 6) is -0.715. The van der Waals surface area contributed by atoms with Gasteiger partial charge in [-0.05, 0) is 43.0 Å². The maximum absolute atomic E-state index is 13.6. The molecule has 0 radical (unpaired) electrons. The molecule has 1 N–H and O–H groups in total. The molecule has 0 unspecified atom stereocenters. The number of sulfonamides is 1. The molecule has 0 aliphatic carbocycles. The van der Waals surface area contributed by atoms with Crippen molar-refractivity contribution >= 4 is 39.1 Å². The Kier molecular flexibility index (Phi) is 10.4. The van der Waals surface area contributed by atoms with Crippen LogP contribution in [0.2, 0.25) is 5.02 Å². The smallest absolute Gasteiger partial charge is 0.244 e. The van der Waals surface area contributed by atoms with E-state index in [-0.39, 0.29) is 12.5 Å². The SMILES string of the molecule is CCCCNC(=O)[C@@H](CC)N(Cc1ccccc1)C(=O)CN(c1ccc(C)c(Cl)c1)S(C)(=O)=O. The van der Waals surface area contributed by atoms with Crippen molar-refractivity contribution in [1.29, 1.82) is 0 Å². The van der Waals surface area contributed by atoms with E-state index in [0.29, 0.717) is 23.7 Å². The molecule has 0 saturated carbocycles. The van der Waals surface area contributed by atoms with Crippen LogP contribution in [0.3, 0.4) is 0 Å². The second kappa shape index (κ2) is 12.8. The van der Waals surface area contributed by atoms with Crippen LogP contribution in [0, 0.1) is 6.92 Å². The number of carbonyl (C=O) groups excluding carboxylic acids is 2. The second-order valence-electron chi connectivity index (χ2n) is 8.28. The molecule has 34 heavy (non-hydrogen) atoms. The molecule has 0 bridgehead atoms. The second-order valence-corrected chi connectivity index (χ2v) is 10.6. The summed E-state index contributed by atoms with van der Waals surface area (Å²) in [4.78, 5) is 28.0. The minimum Gasteiger partial charge on any atom is -0.354 e. The van der Waals surface area contributed by atoms with Gasteiger partial charge in [-0.3, -0.25) is 13.9 Å². The van der Waals surface area contributed by atoms with E-state index >= 15 is 0 Å². The lowest BCUT2D eigenvalue weighted by atomic mass is 10.1. The number of nitrogens with zero attached hydrogens (tertiary/aromatic N) is 2. The van der Waals surface area contributed by atoms with Crippen LogP contribution in [0.1, 0.15) is 44.2 Å². The van der Waals surface area contributed by atoms with E-state index in [4.69, 9.17) is 11.6 Å². The van der Waals surface area contributed by atoms with Gasteiger partial charge in [0, 0.05) is 18.1 Å². The Morgan fingerprint density at radius 2 is 1.76 bits per heavy atom. The monoisotopic (exact) mass is 507 g/mol. The molecule has 1 atom stereocenters. The topological polar surface area (TPSA) is 86.8 Å². The molecular weight excluding hydrogens is 474 g/mol. The Morgan fingerprint density at radius 3 is 2.32 bits per heavy atom. The summed E-state index contributed by atoms with van der Waals surface area (Å²) < 4.78 is 26.3. The molecule has 9 heteroatoms. The quantitative estimate of drug-likeness (QED) is 0.437. The van der Waals surface area contributed by atoms with Gasteiger partial charge in [0.25, 0.3) is 0 Å². The van der Waals surface area contributed by atoms with Crippen LogP contribution in [0.15, 0.2) is 48.5 Å². The zero-order valence-corrected chi connectivity index (χ0v) is 21.8. The van der Waals surface area contributed by atoms with Crippen LogP contribution in [0.4, 0.5) is 5.69 Å². The third-order valence-corrected chi connectivity index (χ3v) is 7.08. The Bertz CT molecular complexity index is 1080. The van der Waals surface area contributed by atoms with Crippen molar-refractivity contribution < 1.29 is 18.0 Å². The number of anilines is 1. The lowest BCUT2D eigenvalue weighted by Gasteiger charge is -2.33. The highest BCUT2D eigenvalue weighted by Gasteiger charge is 2.31. The van der Waals surface area contributed by atoms with Crippen LogP contribution in [0.5, 0.6) is 0 Å². The standard InChI is InChI=1S/C25H34ClN3O4S/c1-5-7-15-27-25(31)23(6-2)28(17-20-11-9-8-10-12-20)24(30)18-29(34(4,32)33)21-14-13-19(3)22(26)16-21/h8-14,16,23H,5-7,15,17-18H2,1-4H3,(H,27,31)/t23-/m1/s1. The van der Waals surface area contributed by atoms with Gasteiger partial charge >= 0.3 is 0 Å². The van der Waals surface area contributed by atoms with E-state index in [9.17, 15) is 18.0 Å². The van der Waals surface area contributed by atoms with Crippen molar-refractivity contribution in [1.82, 2.24) is 10.2 Å². The first kappa shape index (κ1) is 27.7. The zero-order chi connectivity index (χ0) is 25.3. The van der Waals surface area contributed by atoms with E-state index in [0.717, 1.165) is 34.5 Å². The summed E-state index contributed by atoms with van der Waals surface area (Å²) in [5.41, 5.74) is 1.94. The summed E-state index contributed by atoms with van der Waals surface area (Å²) in [6.07, 6.45) is 3.22. The van der Waals surface area contributed by atoms with Crippen molar-refractivity contribution in [2.24, 2.45) is 0 Å². The molecule has 0 aliphatic rings. The van der Waals surface area contributed by atoms with Crippen molar-refractivity contribution in [3.8, 4) is 0 Å². The van der Waals surface area contributed by atoms with Crippen LogP contribution < -0.4 is 9.62 Å². The number of rotatable bonds is 12. The molecule has 2 aromatic rings.